The van der Waals surface area contributed by atoms with Crippen LogP contribution in [0.3, 0.4) is 0 Å². The molecule has 0 bridgehead atoms. The molecule has 0 unspecified atom stereocenters. The lowest BCUT2D eigenvalue weighted by Gasteiger charge is -2.23. The lowest BCUT2D eigenvalue weighted by molar-refractivity contribution is -0.121. The highest BCUT2D eigenvalue weighted by Gasteiger charge is 2.35. The maximum absolute atomic E-state index is 13.3. The molecule has 0 fully saturated rings. The molecule has 1 aliphatic heterocycles. The van der Waals surface area contributed by atoms with Crippen LogP contribution in [0.4, 0.5) is 0 Å². The Labute approximate surface area is 229 Å². The van der Waals surface area contributed by atoms with Crippen molar-refractivity contribution in [2.75, 3.05) is 34.7 Å². The SMILES string of the molecule is CCOC(=O)c1c[nH]c(=O)c([C@@H](CC(=O)NCc2ccc(OC)cc2)c2cc(OC)c3c(c2OC)OCO3)c1O. The molecule has 1 amide bonds. The molecule has 0 saturated heterocycles. The van der Waals surface area contributed by atoms with E-state index in [0.29, 0.717) is 17.1 Å². The predicted molar refractivity (Wildman–Crippen MR) is 142 cm³/mol. The van der Waals surface area contributed by atoms with Crippen LogP contribution >= 0.6 is 0 Å². The smallest absolute Gasteiger partial charge is 0.343 e. The number of methoxy groups -OCH3 is 3. The Morgan fingerprint density at radius 3 is 2.45 bits per heavy atom. The number of carbonyl (C=O) groups is 2. The molecule has 212 valence electrons. The van der Waals surface area contributed by atoms with Crippen LogP contribution in [0.1, 0.15) is 46.3 Å². The summed E-state index contributed by atoms with van der Waals surface area (Å²) in [5.74, 6) is -1.36. The summed E-state index contributed by atoms with van der Waals surface area (Å²) in [6, 6.07) is 8.70. The third-order valence-corrected chi connectivity index (χ3v) is 6.38. The zero-order valence-corrected chi connectivity index (χ0v) is 22.5. The van der Waals surface area contributed by atoms with Gasteiger partial charge in [-0.15, -0.1) is 0 Å². The number of ether oxygens (including phenoxy) is 6. The molecular weight excluding hydrogens is 524 g/mol. The van der Waals surface area contributed by atoms with Crippen LogP contribution in [0.2, 0.25) is 0 Å². The zero-order chi connectivity index (χ0) is 28.8. The Kier molecular flexibility index (Phi) is 8.67. The summed E-state index contributed by atoms with van der Waals surface area (Å²) in [5, 5.41) is 14.0. The van der Waals surface area contributed by atoms with Gasteiger partial charge in [0.05, 0.1) is 33.5 Å². The standard InChI is InChI=1S/C28H30N2O10/c1-5-38-28(34)19-13-30-27(33)22(23(19)32)17(11-21(31)29-12-15-6-8-16(35-2)9-7-15)18-10-20(36-3)25-26(24(18)37-4)40-14-39-25/h6-10,13,17H,5,11-12,14H2,1-4H3,(H,29,31)(H2,30,32,33)/t17-/m0/s1. The largest absolute Gasteiger partial charge is 0.506 e. The van der Waals surface area contributed by atoms with Crippen molar-refractivity contribution in [2.45, 2.75) is 25.8 Å². The predicted octanol–water partition coefficient (Wildman–Crippen LogP) is 2.85. The normalized spacial score (nSPS) is 12.4. The highest BCUT2D eigenvalue weighted by Crippen LogP contribution is 2.53. The van der Waals surface area contributed by atoms with Crippen molar-refractivity contribution < 1.29 is 43.1 Å². The molecule has 1 atom stereocenters. The minimum atomic E-state index is -1.10. The molecule has 1 aromatic heterocycles. The number of aromatic hydroxyl groups is 1. The second-order valence-electron chi connectivity index (χ2n) is 8.66. The third kappa shape index (κ3) is 5.60. The lowest BCUT2D eigenvalue weighted by atomic mass is 9.86. The summed E-state index contributed by atoms with van der Waals surface area (Å²) in [7, 11) is 4.38. The van der Waals surface area contributed by atoms with Gasteiger partial charge in [-0.2, -0.15) is 0 Å². The van der Waals surface area contributed by atoms with Crippen molar-refractivity contribution in [1.82, 2.24) is 10.3 Å². The number of carbonyl (C=O) groups excluding carboxylic acids is 2. The number of H-pyrrole nitrogens is 1. The number of amides is 1. The summed E-state index contributed by atoms with van der Waals surface area (Å²) in [5.41, 5.74) is -0.0867. The van der Waals surface area contributed by atoms with Gasteiger partial charge in [-0.05, 0) is 30.7 Å². The van der Waals surface area contributed by atoms with Gasteiger partial charge in [-0.1, -0.05) is 12.1 Å². The first kappa shape index (κ1) is 28.1. The number of nitrogens with one attached hydrogen (secondary N) is 2. The van der Waals surface area contributed by atoms with E-state index in [2.05, 4.69) is 10.3 Å². The fourth-order valence-corrected chi connectivity index (χ4v) is 4.45. The van der Waals surface area contributed by atoms with Crippen LogP contribution in [0.15, 0.2) is 41.3 Å². The van der Waals surface area contributed by atoms with E-state index in [4.69, 9.17) is 28.4 Å². The van der Waals surface area contributed by atoms with Gasteiger partial charge in [0.1, 0.15) is 17.1 Å². The number of hydrogen-bond acceptors (Lipinski definition) is 10. The molecule has 0 spiro atoms. The highest BCUT2D eigenvalue weighted by atomic mass is 16.7. The quantitative estimate of drug-likeness (QED) is 0.301. The van der Waals surface area contributed by atoms with Gasteiger partial charge in [0.25, 0.3) is 5.56 Å². The minimum absolute atomic E-state index is 0.0527. The summed E-state index contributed by atoms with van der Waals surface area (Å²) >= 11 is 0. The Balaban J connectivity index is 1.79. The Morgan fingerprint density at radius 1 is 1.07 bits per heavy atom. The molecule has 0 aliphatic carbocycles. The van der Waals surface area contributed by atoms with Crippen molar-refractivity contribution in [3.05, 3.63) is 69.1 Å². The summed E-state index contributed by atoms with van der Waals surface area (Å²) in [6.07, 6.45) is 0.760. The van der Waals surface area contributed by atoms with E-state index in [0.717, 1.165) is 11.8 Å². The van der Waals surface area contributed by atoms with Gasteiger partial charge >= 0.3 is 5.97 Å². The summed E-state index contributed by atoms with van der Waals surface area (Å²) in [4.78, 5) is 41.4. The first-order valence-corrected chi connectivity index (χ1v) is 12.4. The van der Waals surface area contributed by atoms with Gasteiger partial charge in [0, 0.05) is 30.6 Å². The van der Waals surface area contributed by atoms with Gasteiger partial charge in [0.2, 0.25) is 24.2 Å². The average molecular weight is 555 g/mol. The third-order valence-electron chi connectivity index (χ3n) is 6.38. The van der Waals surface area contributed by atoms with Crippen molar-refractivity contribution in [3.63, 3.8) is 0 Å². The molecule has 12 heteroatoms. The number of hydrogen-bond donors (Lipinski definition) is 3. The van der Waals surface area contributed by atoms with Crippen LogP contribution in [-0.4, -0.2) is 56.7 Å². The number of aromatic nitrogens is 1. The van der Waals surface area contributed by atoms with E-state index < -0.39 is 29.1 Å². The molecule has 12 nitrogen and oxygen atoms in total. The van der Waals surface area contributed by atoms with Gasteiger partial charge < -0.3 is 43.8 Å². The molecule has 3 N–H and O–H groups in total. The zero-order valence-electron chi connectivity index (χ0n) is 22.5. The maximum atomic E-state index is 13.3. The first-order valence-electron chi connectivity index (χ1n) is 12.4. The van der Waals surface area contributed by atoms with E-state index in [1.807, 2.05) is 12.1 Å². The van der Waals surface area contributed by atoms with E-state index in [9.17, 15) is 19.5 Å². The monoisotopic (exact) mass is 554 g/mol. The summed E-state index contributed by atoms with van der Waals surface area (Å²) in [6.45, 7) is 1.77. The number of pyridine rings is 1. The molecular formula is C28H30N2O10. The fourth-order valence-electron chi connectivity index (χ4n) is 4.45. The molecule has 0 saturated carbocycles. The van der Waals surface area contributed by atoms with E-state index in [1.54, 1.807) is 32.2 Å². The summed E-state index contributed by atoms with van der Waals surface area (Å²) < 4.78 is 32.4. The van der Waals surface area contributed by atoms with Crippen LogP contribution in [0.5, 0.6) is 34.5 Å². The van der Waals surface area contributed by atoms with E-state index >= 15 is 0 Å². The van der Waals surface area contributed by atoms with Crippen LogP contribution in [0, 0.1) is 0 Å². The Morgan fingerprint density at radius 2 is 1.80 bits per heavy atom. The molecule has 40 heavy (non-hydrogen) atoms. The number of aromatic amines is 1. The highest BCUT2D eigenvalue weighted by molar-refractivity contribution is 5.92. The number of rotatable bonds is 11. The molecule has 2 aromatic carbocycles. The molecule has 0 radical (unpaired) electrons. The van der Waals surface area contributed by atoms with E-state index in [-0.39, 0.29) is 54.7 Å². The second-order valence-corrected chi connectivity index (χ2v) is 8.66. The first-order chi connectivity index (χ1) is 19.3. The number of esters is 1. The molecule has 4 rings (SSSR count). The van der Waals surface area contributed by atoms with Crippen molar-refractivity contribution in [3.8, 4) is 34.5 Å². The molecule has 1 aliphatic rings. The topological polar surface area (TPSA) is 155 Å². The number of benzene rings is 2. The van der Waals surface area contributed by atoms with Crippen LogP contribution in [0.25, 0.3) is 0 Å². The van der Waals surface area contributed by atoms with Crippen LogP contribution in [-0.2, 0) is 16.1 Å². The maximum Gasteiger partial charge on any atom is 0.343 e. The number of fused-ring (bicyclic) bond motifs is 1. The van der Waals surface area contributed by atoms with Gasteiger partial charge in [-0.25, -0.2) is 4.79 Å². The van der Waals surface area contributed by atoms with Crippen molar-refractivity contribution in [2.24, 2.45) is 0 Å². The van der Waals surface area contributed by atoms with Gasteiger partial charge in [0.15, 0.2) is 11.5 Å². The van der Waals surface area contributed by atoms with Crippen molar-refractivity contribution in [1.29, 1.82) is 0 Å². The Bertz CT molecular complexity index is 1450. The minimum Gasteiger partial charge on any atom is -0.506 e. The Hall–Kier alpha value is -4.87. The second kappa shape index (κ2) is 12.3. The van der Waals surface area contributed by atoms with Crippen LogP contribution < -0.4 is 34.6 Å². The van der Waals surface area contributed by atoms with E-state index in [1.165, 1.54) is 14.2 Å². The van der Waals surface area contributed by atoms with Gasteiger partial charge in [-0.3, -0.25) is 9.59 Å². The lowest BCUT2D eigenvalue weighted by Crippen LogP contribution is -2.28. The average Bonchev–Trinajstić information content (AvgIpc) is 3.45. The fraction of sp³-hybridized carbons (Fsp3) is 0.321. The van der Waals surface area contributed by atoms with Crippen molar-refractivity contribution >= 4 is 11.9 Å². The molecule has 3 aromatic rings. The molecule has 2 heterocycles.